The predicted octanol–water partition coefficient (Wildman–Crippen LogP) is 1.49. The molecule has 0 radical (unpaired) electrons. The number of hydrazine groups is 1. The summed E-state index contributed by atoms with van der Waals surface area (Å²) in [5, 5.41) is 4.87. The first-order valence-corrected chi connectivity index (χ1v) is 13.0. The highest BCUT2D eigenvalue weighted by Crippen LogP contribution is 2.33. The van der Waals surface area contributed by atoms with Gasteiger partial charge in [-0.05, 0) is 27.0 Å². The Balaban J connectivity index is 1.62. The molecule has 4 rings (SSSR count). The molecule has 2 aromatic heterocycles. The first-order valence-electron chi connectivity index (χ1n) is 12.2. The van der Waals surface area contributed by atoms with Gasteiger partial charge in [-0.2, -0.15) is 4.98 Å². The summed E-state index contributed by atoms with van der Waals surface area (Å²) >= 11 is 1.33. The standard InChI is InChI=1S/C23H36N8O3S/c1-5-34-21(32)20-18(2)25-23(35-20)31(30-14-10-28(11-15-30)16-17-33-4)22-24-7-6-19(26-22)29-12-8-27(3)9-13-29/h6-7H,5,8-17H2,1-4H3. The Morgan fingerprint density at radius 1 is 1.11 bits per heavy atom. The second-order valence-electron chi connectivity index (χ2n) is 8.74. The lowest BCUT2D eigenvalue weighted by Crippen LogP contribution is -2.53. The van der Waals surface area contributed by atoms with Gasteiger partial charge in [0.15, 0.2) is 0 Å². The van der Waals surface area contributed by atoms with Crippen LogP contribution in [0.4, 0.5) is 16.9 Å². The molecule has 0 aliphatic carbocycles. The maximum Gasteiger partial charge on any atom is 0.350 e. The lowest BCUT2D eigenvalue weighted by Gasteiger charge is -2.40. The van der Waals surface area contributed by atoms with Crippen LogP contribution in [0.3, 0.4) is 0 Å². The zero-order valence-electron chi connectivity index (χ0n) is 21.1. The van der Waals surface area contributed by atoms with Crippen molar-refractivity contribution in [3.8, 4) is 0 Å². The van der Waals surface area contributed by atoms with Gasteiger partial charge in [0, 0.05) is 72.2 Å². The molecule has 2 aromatic rings. The highest BCUT2D eigenvalue weighted by atomic mass is 32.1. The van der Waals surface area contributed by atoms with E-state index in [-0.39, 0.29) is 5.97 Å². The third-order valence-corrected chi connectivity index (χ3v) is 7.43. The lowest BCUT2D eigenvalue weighted by molar-refractivity contribution is 0.0531. The minimum absolute atomic E-state index is 0.328. The number of aromatic nitrogens is 3. The van der Waals surface area contributed by atoms with Gasteiger partial charge in [0.2, 0.25) is 11.1 Å². The molecule has 2 fully saturated rings. The van der Waals surface area contributed by atoms with E-state index in [0.29, 0.717) is 34.9 Å². The number of methoxy groups -OCH3 is 1. The van der Waals surface area contributed by atoms with Crippen molar-refractivity contribution >= 4 is 34.2 Å². The summed E-state index contributed by atoms with van der Waals surface area (Å²) in [4.78, 5) is 34.4. The van der Waals surface area contributed by atoms with E-state index in [0.717, 1.165) is 64.7 Å². The quantitative estimate of drug-likeness (QED) is 0.465. The highest BCUT2D eigenvalue weighted by molar-refractivity contribution is 7.17. The molecular weight excluding hydrogens is 468 g/mol. The number of rotatable bonds is 9. The van der Waals surface area contributed by atoms with Crippen LogP contribution in [0.1, 0.15) is 22.3 Å². The van der Waals surface area contributed by atoms with E-state index in [1.54, 1.807) is 7.11 Å². The van der Waals surface area contributed by atoms with E-state index in [9.17, 15) is 4.79 Å². The molecule has 0 N–H and O–H groups in total. The largest absolute Gasteiger partial charge is 0.462 e. The molecule has 2 saturated heterocycles. The number of piperazine rings is 2. The maximum absolute atomic E-state index is 12.5. The van der Waals surface area contributed by atoms with Crippen molar-refractivity contribution in [3.63, 3.8) is 0 Å². The van der Waals surface area contributed by atoms with Crippen molar-refractivity contribution in [1.82, 2.24) is 29.8 Å². The number of carbonyl (C=O) groups is 1. The number of esters is 1. The molecule has 11 nitrogen and oxygen atoms in total. The fourth-order valence-electron chi connectivity index (χ4n) is 4.23. The van der Waals surface area contributed by atoms with Crippen molar-refractivity contribution in [2.24, 2.45) is 0 Å². The molecule has 0 bridgehead atoms. The molecule has 0 amide bonds. The zero-order valence-corrected chi connectivity index (χ0v) is 22.0. The molecule has 12 heteroatoms. The number of hydrogen-bond donors (Lipinski definition) is 0. The molecule has 0 spiro atoms. The summed E-state index contributed by atoms with van der Waals surface area (Å²) in [6.45, 7) is 12.8. The van der Waals surface area contributed by atoms with E-state index in [4.69, 9.17) is 19.4 Å². The molecule has 0 unspecified atom stereocenters. The van der Waals surface area contributed by atoms with Gasteiger partial charge in [-0.3, -0.25) is 4.90 Å². The summed E-state index contributed by atoms with van der Waals surface area (Å²) in [7, 11) is 3.87. The first-order chi connectivity index (χ1) is 17.0. The van der Waals surface area contributed by atoms with E-state index in [2.05, 4.69) is 31.7 Å². The van der Waals surface area contributed by atoms with Crippen molar-refractivity contribution < 1.29 is 14.3 Å². The van der Waals surface area contributed by atoms with Crippen LogP contribution in [0.25, 0.3) is 0 Å². The number of hydrogen-bond acceptors (Lipinski definition) is 12. The number of likely N-dealkylation sites (N-methyl/N-ethyl adjacent to an activating group) is 1. The van der Waals surface area contributed by atoms with Gasteiger partial charge in [-0.1, -0.05) is 11.3 Å². The van der Waals surface area contributed by atoms with Crippen LogP contribution < -0.4 is 9.91 Å². The Morgan fingerprint density at radius 2 is 1.86 bits per heavy atom. The highest BCUT2D eigenvalue weighted by Gasteiger charge is 2.30. The van der Waals surface area contributed by atoms with Crippen molar-refractivity contribution in [2.45, 2.75) is 13.8 Å². The third kappa shape index (κ3) is 6.25. The van der Waals surface area contributed by atoms with Gasteiger partial charge in [-0.15, -0.1) is 0 Å². The van der Waals surface area contributed by atoms with Crippen LogP contribution in [0.2, 0.25) is 0 Å². The van der Waals surface area contributed by atoms with E-state index in [1.165, 1.54) is 11.3 Å². The molecule has 2 aliphatic heterocycles. The second kappa shape index (κ2) is 12.0. The van der Waals surface area contributed by atoms with Gasteiger partial charge in [0.1, 0.15) is 10.7 Å². The molecular formula is C23H36N8O3S. The lowest BCUT2D eigenvalue weighted by atomic mass is 10.3. The Labute approximate surface area is 211 Å². The number of ether oxygens (including phenoxy) is 2. The molecule has 2 aliphatic rings. The molecule has 4 heterocycles. The second-order valence-corrected chi connectivity index (χ2v) is 9.71. The van der Waals surface area contributed by atoms with Crippen LogP contribution in [0.15, 0.2) is 12.3 Å². The van der Waals surface area contributed by atoms with Crippen LogP contribution in [0, 0.1) is 6.92 Å². The number of anilines is 3. The zero-order chi connectivity index (χ0) is 24.8. The fourth-order valence-corrected chi connectivity index (χ4v) is 5.21. The Kier molecular flexibility index (Phi) is 8.84. The molecule has 0 atom stereocenters. The molecule has 192 valence electrons. The monoisotopic (exact) mass is 504 g/mol. The number of nitrogens with zero attached hydrogens (tertiary/aromatic N) is 8. The Hall–Kier alpha value is -2.38. The van der Waals surface area contributed by atoms with Gasteiger partial charge in [-0.25, -0.2) is 24.8 Å². The number of thiazole rings is 1. The van der Waals surface area contributed by atoms with E-state index < -0.39 is 0 Å². The van der Waals surface area contributed by atoms with Gasteiger partial charge in [0.05, 0.1) is 18.9 Å². The molecule has 0 aromatic carbocycles. The predicted molar refractivity (Wildman–Crippen MR) is 137 cm³/mol. The number of aryl methyl sites for hydroxylation is 1. The smallest absolute Gasteiger partial charge is 0.350 e. The normalized spacial score (nSPS) is 18.1. The minimum Gasteiger partial charge on any atom is -0.462 e. The topological polar surface area (TPSA) is 90.4 Å². The fraction of sp³-hybridized carbons (Fsp3) is 0.652. The van der Waals surface area contributed by atoms with Crippen LogP contribution in [0.5, 0.6) is 0 Å². The van der Waals surface area contributed by atoms with E-state index >= 15 is 0 Å². The summed E-state index contributed by atoms with van der Waals surface area (Å²) in [5.74, 6) is 1.13. The van der Waals surface area contributed by atoms with Crippen molar-refractivity contribution in [2.75, 3.05) is 96.2 Å². The van der Waals surface area contributed by atoms with Crippen LogP contribution in [-0.4, -0.2) is 122 Å². The van der Waals surface area contributed by atoms with Crippen molar-refractivity contribution in [1.29, 1.82) is 0 Å². The molecule has 0 saturated carbocycles. The summed E-state index contributed by atoms with van der Waals surface area (Å²) in [6.07, 6.45) is 1.81. The molecule has 35 heavy (non-hydrogen) atoms. The summed E-state index contributed by atoms with van der Waals surface area (Å²) < 4.78 is 10.5. The third-order valence-electron chi connectivity index (χ3n) is 6.32. The SMILES string of the molecule is CCOC(=O)c1sc(N(c2nccc(N3CCN(C)CC3)n2)N2CCN(CCOC)CC2)nc1C. The average molecular weight is 505 g/mol. The summed E-state index contributed by atoms with van der Waals surface area (Å²) in [5.41, 5.74) is 0.655. The first kappa shape index (κ1) is 25.7. The summed E-state index contributed by atoms with van der Waals surface area (Å²) in [6, 6.07) is 1.97. The Morgan fingerprint density at radius 3 is 2.54 bits per heavy atom. The Bertz CT molecular complexity index is 973. The van der Waals surface area contributed by atoms with Crippen LogP contribution >= 0.6 is 11.3 Å². The van der Waals surface area contributed by atoms with Gasteiger partial charge < -0.3 is 19.3 Å². The maximum atomic E-state index is 12.5. The van der Waals surface area contributed by atoms with Crippen molar-refractivity contribution in [3.05, 3.63) is 22.8 Å². The average Bonchev–Trinajstić information content (AvgIpc) is 3.25. The number of carbonyl (C=O) groups excluding carboxylic acids is 1. The van der Waals surface area contributed by atoms with E-state index in [1.807, 2.05) is 31.1 Å². The minimum atomic E-state index is -0.342. The van der Waals surface area contributed by atoms with Gasteiger partial charge in [0.25, 0.3) is 0 Å². The van der Waals surface area contributed by atoms with Crippen LogP contribution in [-0.2, 0) is 9.47 Å². The van der Waals surface area contributed by atoms with Gasteiger partial charge >= 0.3 is 5.97 Å².